The lowest BCUT2D eigenvalue weighted by Gasteiger charge is -2.16. The Morgan fingerprint density at radius 3 is 2.87 bits per heavy atom. The molecule has 3 aromatic rings. The molecule has 2 aromatic heterocycles. The molecule has 1 aliphatic heterocycles. The van der Waals surface area contributed by atoms with Crippen molar-refractivity contribution in [2.24, 2.45) is 0 Å². The number of anilines is 1. The van der Waals surface area contributed by atoms with E-state index in [2.05, 4.69) is 15.3 Å². The molecule has 4 rings (SSSR count). The molecular formula is C21H20N4O6. The second-order valence-electron chi connectivity index (χ2n) is 6.68. The number of esters is 1. The second kappa shape index (κ2) is 8.44. The number of pyridine rings is 1. The third-order valence-corrected chi connectivity index (χ3v) is 4.82. The fourth-order valence-corrected chi connectivity index (χ4v) is 3.31. The van der Waals surface area contributed by atoms with Crippen LogP contribution in [0.1, 0.15) is 0 Å². The van der Waals surface area contributed by atoms with Gasteiger partial charge in [0.2, 0.25) is 5.89 Å². The van der Waals surface area contributed by atoms with E-state index in [4.69, 9.17) is 13.9 Å². The summed E-state index contributed by atoms with van der Waals surface area (Å²) < 4.78 is 16.0. The Morgan fingerprint density at radius 1 is 1.32 bits per heavy atom. The van der Waals surface area contributed by atoms with Crippen molar-refractivity contribution < 1.29 is 28.6 Å². The topological polar surface area (TPSA) is 127 Å². The Hall–Kier alpha value is -3.92. The van der Waals surface area contributed by atoms with Crippen LogP contribution in [0, 0.1) is 0 Å². The summed E-state index contributed by atoms with van der Waals surface area (Å²) in [5, 5.41) is 12.2. The van der Waals surface area contributed by atoms with Gasteiger partial charge in [-0.3, -0.25) is 4.79 Å². The van der Waals surface area contributed by atoms with Crippen molar-refractivity contribution in [3.05, 3.63) is 47.8 Å². The number of nitrogens with one attached hydrogen (secondary N) is 1. The predicted octanol–water partition coefficient (Wildman–Crippen LogP) is 1.57. The Balaban J connectivity index is 1.73. The van der Waals surface area contributed by atoms with Crippen LogP contribution in [0.5, 0.6) is 5.75 Å². The van der Waals surface area contributed by atoms with Crippen LogP contribution >= 0.6 is 0 Å². The van der Waals surface area contributed by atoms with Crippen molar-refractivity contribution in [1.29, 1.82) is 0 Å². The molecule has 1 amide bonds. The quantitative estimate of drug-likeness (QED) is 0.543. The smallest absolute Gasteiger partial charge is 0.337 e. The maximum absolute atomic E-state index is 12.8. The van der Waals surface area contributed by atoms with Crippen LogP contribution in [0.4, 0.5) is 5.69 Å². The SMILES string of the molecule is COC(=O)C1=C(Nc2cc(-c3nc4ncccc4o3)ccc2OC)C(=O)N(CCO)C1. The molecule has 0 radical (unpaired) electrons. The summed E-state index contributed by atoms with van der Waals surface area (Å²) in [5.74, 6) is -0.256. The Bertz CT molecular complexity index is 1150. The third-order valence-electron chi connectivity index (χ3n) is 4.82. The number of rotatable bonds is 7. The number of aliphatic hydroxyl groups is 1. The first kappa shape index (κ1) is 20.4. The van der Waals surface area contributed by atoms with Gasteiger partial charge in [0, 0.05) is 18.3 Å². The molecule has 0 spiro atoms. The molecular weight excluding hydrogens is 404 g/mol. The number of carbonyl (C=O) groups excluding carboxylic acids is 2. The van der Waals surface area contributed by atoms with E-state index in [9.17, 15) is 14.7 Å². The van der Waals surface area contributed by atoms with Gasteiger partial charge in [-0.25, -0.2) is 9.78 Å². The molecule has 3 heterocycles. The summed E-state index contributed by atoms with van der Waals surface area (Å²) in [6.07, 6.45) is 1.63. The van der Waals surface area contributed by atoms with E-state index in [1.807, 2.05) is 0 Å². The maximum Gasteiger partial charge on any atom is 0.337 e. The van der Waals surface area contributed by atoms with Crippen LogP contribution in [0.25, 0.3) is 22.7 Å². The first-order valence-corrected chi connectivity index (χ1v) is 9.44. The zero-order chi connectivity index (χ0) is 22.0. The van der Waals surface area contributed by atoms with E-state index < -0.39 is 11.9 Å². The molecule has 1 aromatic carbocycles. The van der Waals surface area contributed by atoms with Crippen molar-refractivity contribution in [1.82, 2.24) is 14.9 Å². The third kappa shape index (κ3) is 3.80. The van der Waals surface area contributed by atoms with Gasteiger partial charge in [0.1, 0.15) is 11.4 Å². The number of methoxy groups -OCH3 is 2. The Kier molecular flexibility index (Phi) is 5.54. The van der Waals surface area contributed by atoms with Gasteiger partial charge in [-0.15, -0.1) is 0 Å². The van der Waals surface area contributed by atoms with E-state index in [-0.39, 0.29) is 31.0 Å². The molecule has 0 saturated carbocycles. The fraction of sp³-hybridized carbons (Fsp3) is 0.238. The first-order chi connectivity index (χ1) is 15.0. The van der Waals surface area contributed by atoms with Crippen LogP contribution in [0.2, 0.25) is 0 Å². The molecule has 2 N–H and O–H groups in total. The minimum Gasteiger partial charge on any atom is -0.495 e. The summed E-state index contributed by atoms with van der Waals surface area (Å²) in [6, 6.07) is 8.68. The first-order valence-electron chi connectivity index (χ1n) is 9.44. The molecule has 10 heteroatoms. The highest BCUT2D eigenvalue weighted by Gasteiger charge is 2.35. The minimum absolute atomic E-state index is 0.0349. The normalized spacial score (nSPS) is 13.8. The summed E-state index contributed by atoms with van der Waals surface area (Å²) in [5.41, 5.74) is 2.31. The monoisotopic (exact) mass is 424 g/mol. The van der Waals surface area contributed by atoms with E-state index in [0.29, 0.717) is 34.1 Å². The maximum atomic E-state index is 12.8. The lowest BCUT2D eigenvalue weighted by Crippen LogP contribution is -2.31. The highest BCUT2D eigenvalue weighted by molar-refractivity contribution is 6.08. The number of oxazole rings is 1. The molecule has 160 valence electrons. The Morgan fingerprint density at radius 2 is 2.16 bits per heavy atom. The van der Waals surface area contributed by atoms with E-state index in [0.717, 1.165) is 0 Å². The molecule has 31 heavy (non-hydrogen) atoms. The number of amides is 1. The molecule has 0 saturated heterocycles. The summed E-state index contributed by atoms with van der Waals surface area (Å²) in [4.78, 5) is 34.9. The van der Waals surface area contributed by atoms with Crippen molar-refractivity contribution in [2.75, 3.05) is 39.2 Å². The highest BCUT2D eigenvalue weighted by Crippen LogP contribution is 2.34. The zero-order valence-corrected chi connectivity index (χ0v) is 16.9. The number of carbonyl (C=O) groups is 2. The van der Waals surface area contributed by atoms with Gasteiger partial charge < -0.3 is 29.2 Å². The van der Waals surface area contributed by atoms with Gasteiger partial charge >= 0.3 is 5.97 Å². The molecule has 0 unspecified atom stereocenters. The molecule has 0 bridgehead atoms. The van der Waals surface area contributed by atoms with Gasteiger partial charge in [-0.2, -0.15) is 4.98 Å². The van der Waals surface area contributed by atoms with Crippen molar-refractivity contribution in [3.8, 4) is 17.2 Å². The van der Waals surface area contributed by atoms with Crippen LogP contribution < -0.4 is 10.1 Å². The van der Waals surface area contributed by atoms with E-state index >= 15 is 0 Å². The van der Waals surface area contributed by atoms with Crippen LogP contribution in [0.3, 0.4) is 0 Å². The fourth-order valence-electron chi connectivity index (χ4n) is 3.31. The zero-order valence-electron chi connectivity index (χ0n) is 16.9. The standard InChI is InChI=1S/C21H20N4O6/c1-29-15-6-5-12(19-24-18-16(31-19)4-3-7-22-18)10-14(15)23-17-13(21(28)30-2)11-25(8-9-26)20(17)27/h3-7,10,23,26H,8-9,11H2,1-2H3. The van der Waals surface area contributed by atoms with E-state index in [1.54, 1.807) is 36.5 Å². The molecule has 0 fully saturated rings. The summed E-state index contributed by atoms with van der Waals surface area (Å²) >= 11 is 0. The second-order valence-corrected chi connectivity index (χ2v) is 6.68. The largest absolute Gasteiger partial charge is 0.495 e. The van der Waals surface area contributed by atoms with Crippen LogP contribution in [0.15, 0.2) is 52.2 Å². The lowest BCUT2D eigenvalue weighted by atomic mass is 10.1. The number of aromatic nitrogens is 2. The molecule has 1 aliphatic rings. The van der Waals surface area contributed by atoms with Crippen molar-refractivity contribution in [2.45, 2.75) is 0 Å². The molecule has 0 atom stereocenters. The number of β-amino-alcohol motifs (C(OH)–C–C–N with tert-alkyl or cyclic N) is 1. The van der Waals surface area contributed by atoms with Gasteiger partial charge in [-0.1, -0.05) is 0 Å². The number of benzene rings is 1. The number of hydrogen-bond acceptors (Lipinski definition) is 9. The van der Waals surface area contributed by atoms with Gasteiger partial charge in [0.25, 0.3) is 5.91 Å². The number of nitrogens with zero attached hydrogens (tertiary/aromatic N) is 3. The number of ether oxygens (including phenoxy) is 2. The van der Waals surface area contributed by atoms with E-state index in [1.165, 1.54) is 19.1 Å². The predicted molar refractivity (Wildman–Crippen MR) is 110 cm³/mol. The minimum atomic E-state index is -0.628. The summed E-state index contributed by atoms with van der Waals surface area (Å²) in [7, 11) is 2.74. The van der Waals surface area contributed by atoms with Crippen molar-refractivity contribution in [3.63, 3.8) is 0 Å². The van der Waals surface area contributed by atoms with Crippen molar-refractivity contribution >= 4 is 28.8 Å². The number of aliphatic hydroxyl groups excluding tert-OH is 1. The molecule has 0 aliphatic carbocycles. The van der Waals surface area contributed by atoms with Gasteiger partial charge in [0.05, 0.1) is 38.6 Å². The number of hydrogen-bond donors (Lipinski definition) is 2. The highest BCUT2D eigenvalue weighted by atomic mass is 16.5. The average molecular weight is 424 g/mol. The average Bonchev–Trinajstić information content (AvgIpc) is 3.36. The van der Waals surface area contributed by atoms with Crippen LogP contribution in [-0.4, -0.2) is 65.8 Å². The van der Waals surface area contributed by atoms with Crippen LogP contribution in [-0.2, 0) is 14.3 Å². The molecule has 10 nitrogen and oxygen atoms in total. The Labute approximate surface area is 177 Å². The number of fused-ring (bicyclic) bond motifs is 1. The van der Waals surface area contributed by atoms with Gasteiger partial charge in [0.15, 0.2) is 11.2 Å². The summed E-state index contributed by atoms with van der Waals surface area (Å²) in [6.45, 7) is -0.0944. The lowest BCUT2D eigenvalue weighted by molar-refractivity contribution is -0.136. The van der Waals surface area contributed by atoms with Gasteiger partial charge in [-0.05, 0) is 30.3 Å².